The van der Waals surface area contributed by atoms with Gasteiger partial charge in [0.1, 0.15) is 0 Å². The number of benzene rings is 3. The van der Waals surface area contributed by atoms with Gasteiger partial charge in [-0.2, -0.15) is 0 Å². The van der Waals surface area contributed by atoms with Crippen molar-refractivity contribution < 1.29 is 4.79 Å². The lowest BCUT2D eigenvalue weighted by molar-refractivity contribution is -0.122. The summed E-state index contributed by atoms with van der Waals surface area (Å²) < 4.78 is 0. The molecule has 1 unspecified atom stereocenters. The molecule has 1 fully saturated rings. The Hall–Kier alpha value is -3.07. The van der Waals surface area contributed by atoms with Gasteiger partial charge in [-0.25, -0.2) is 0 Å². The standard InChI is InChI=1S/C30H34N2O/c33-30(18-23-10-4-1-5-11-23)31-28-20-27-19-26(25-14-8-3-9-15-25)16-17-29(27)32(22-28)21-24-12-6-2-7-13-24/h2-3,6-9,12-17,19,23,28H,1,4-5,10-11,18,20-22H2,(H,31,33). The average molecular weight is 439 g/mol. The van der Waals surface area contributed by atoms with Gasteiger partial charge in [-0.1, -0.05) is 86.0 Å². The van der Waals surface area contributed by atoms with Crippen molar-refractivity contribution in [1.29, 1.82) is 0 Å². The topological polar surface area (TPSA) is 32.3 Å². The molecule has 1 N–H and O–H groups in total. The van der Waals surface area contributed by atoms with Gasteiger partial charge >= 0.3 is 0 Å². The predicted molar refractivity (Wildman–Crippen MR) is 136 cm³/mol. The lowest BCUT2D eigenvalue weighted by atomic mass is 9.86. The summed E-state index contributed by atoms with van der Waals surface area (Å²) in [4.78, 5) is 15.4. The molecule has 1 aliphatic heterocycles. The third-order valence-corrected chi connectivity index (χ3v) is 7.21. The van der Waals surface area contributed by atoms with E-state index in [2.05, 4.69) is 89.1 Å². The van der Waals surface area contributed by atoms with Crippen LogP contribution < -0.4 is 10.2 Å². The third-order valence-electron chi connectivity index (χ3n) is 7.21. The normalized spacial score (nSPS) is 18.5. The molecular formula is C30H34N2O. The fourth-order valence-corrected chi connectivity index (χ4v) is 5.55. The number of nitrogens with one attached hydrogen (secondary N) is 1. The van der Waals surface area contributed by atoms with Gasteiger partial charge in [0.05, 0.1) is 6.04 Å². The van der Waals surface area contributed by atoms with Gasteiger partial charge in [0.15, 0.2) is 0 Å². The molecule has 0 radical (unpaired) electrons. The molecule has 1 saturated carbocycles. The minimum absolute atomic E-state index is 0.142. The molecule has 5 rings (SSSR count). The van der Waals surface area contributed by atoms with Gasteiger partial charge in [0, 0.05) is 25.2 Å². The van der Waals surface area contributed by atoms with Crippen molar-refractivity contribution in [3.8, 4) is 11.1 Å². The van der Waals surface area contributed by atoms with Crippen molar-refractivity contribution in [2.75, 3.05) is 11.4 Å². The highest BCUT2D eigenvalue weighted by atomic mass is 16.1. The highest BCUT2D eigenvalue weighted by molar-refractivity contribution is 5.77. The van der Waals surface area contributed by atoms with Crippen LogP contribution in [0.4, 0.5) is 5.69 Å². The molecule has 33 heavy (non-hydrogen) atoms. The molecule has 3 aromatic carbocycles. The lowest BCUT2D eigenvalue weighted by Crippen LogP contribution is -2.48. The second kappa shape index (κ2) is 10.2. The highest BCUT2D eigenvalue weighted by Gasteiger charge is 2.27. The van der Waals surface area contributed by atoms with E-state index in [9.17, 15) is 4.79 Å². The number of nitrogens with zero attached hydrogens (tertiary/aromatic N) is 1. The Morgan fingerprint density at radius 1 is 0.848 bits per heavy atom. The molecule has 0 aromatic heterocycles. The maximum Gasteiger partial charge on any atom is 0.220 e. The van der Waals surface area contributed by atoms with E-state index >= 15 is 0 Å². The summed E-state index contributed by atoms with van der Waals surface area (Å²) in [5.74, 6) is 0.800. The van der Waals surface area contributed by atoms with Crippen LogP contribution in [0.2, 0.25) is 0 Å². The first-order valence-electron chi connectivity index (χ1n) is 12.5. The Balaban J connectivity index is 1.36. The van der Waals surface area contributed by atoms with Crippen LogP contribution in [0.15, 0.2) is 78.9 Å². The van der Waals surface area contributed by atoms with Crippen LogP contribution in [-0.4, -0.2) is 18.5 Å². The SMILES string of the molecule is O=C(CC1CCCCC1)NC1Cc2cc(-c3ccccc3)ccc2N(Cc2ccccc2)C1. The van der Waals surface area contributed by atoms with Crippen LogP contribution >= 0.6 is 0 Å². The molecule has 3 heteroatoms. The first-order chi connectivity index (χ1) is 16.2. The van der Waals surface area contributed by atoms with Gasteiger partial charge in [0.25, 0.3) is 0 Å². The molecule has 1 atom stereocenters. The molecule has 0 spiro atoms. The summed E-state index contributed by atoms with van der Waals surface area (Å²) in [5, 5.41) is 3.40. The lowest BCUT2D eigenvalue weighted by Gasteiger charge is -2.37. The highest BCUT2D eigenvalue weighted by Crippen LogP contribution is 2.33. The Morgan fingerprint density at radius 2 is 1.58 bits per heavy atom. The number of rotatable bonds is 6. The Bertz CT molecular complexity index is 1060. The fourth-order valence-electron chi connectivity index (χ4n) is 5.55. The molecule has 1 amide bonds. The molecule has 1 aliphatic carbocycles. The number of carbonyl (C=O) groups excluding carboxylic acids is 1. The summed E-state index contributed by atoms with van der Waals surface area (Å²) in [7, 11) is 0. The van der Waals surface area contributed by atoms with E-state index < -0.39 is 0 Å². The Morgan fingerprint density at radius 3 is 2.33 bits per heavy atom. The molecule has 1 heterocycles. The van der Waals surface area contributed by atoms with Crippen LogP contribution in [0, 0.1) is 5.92 Å². The summed E-state index contributed by atoms with van der Waals surface area (Å²) in [6.07, 6.45) is 7.88. The first-order valence-corrected chi connectivity index (χ1v) is 12.5. The maximum absolute atomic E-state index is 12.9. The molecule has 3 nitrogen and oxygen atoms in total. The first kappa shape index (κ1) is 21.8. The Labute approximate surface area is 197 Å². The fraction of sp³-hybridized carbons (Fsp3) is 0.367. The van der Waals surface area contributed by atoms with E-state index in [1.807, 2.05) is 0 Å². The van der Waals surface area contributed by atoms with Crippen molar-refractivity contribution in [2.45, 2.75) is 57.5 Å². The van der Waals surface area contributed by atoms with Crippen molar-refractivity contribution in [1.82, 2.24) is 5.32 Å². The van der Waals surface area contributed by atoms with Crippen LogP contribution in [0.5, 0.6) is 0 Å². The number of hydrogen-bond acceptors (Lipinski definition) is 2. The summed E-state index contributed by atoms with van der Waals surface area (Å²) in [6.45, 7) is 1.70. The van der Waals surface area contributed by atoms with E-state index in [0.717, 1.165) is 19.5 Å². The minimum Gasteiger partial charge on any atom is -0.365 e. The minimum atomic E-state index is 0.142. The number of amides is 1. The average Bonchev–Trinajstić information content (AvgIpc) is 2.85. The van der Waals surface area contributed by atoms with Crippen LogP contribution in [0.3, 0.4) is 0 Å². The molecule has 0 saturated heterocycles. The van der Waals surface area contributed by atoms with Crippen LogP contribution in [0.25, 0.3) is 11.1 Å². The maximum atomic E-state index is 12.9. The van der Waals surface area contributed by atoms with Crippen molar-refractivity contribution in [2.24, 2.45) is 5.92 Å². The van der Waals surface area contributed by atoms with E-state index in [-0.39, 0.29) is 11.9 Å². The largest absolute Gasteiger partial charge is 0.365 e. The molecule has 2 aliphatic rings. The zero-order chi connectivity index (χ0) is 22.5. The number of hydrogen-bond donors (Lipinski definition) is 1. The van der Waals surface area contributed by atoms with E-state index in [1.54, 1.807) is 0 Å². The van der Waals surface area contributed by atoms with E-state index in [0.29, 0.717) is 12.3 Å². The van der Waals surface area contributed by atoms with Gasteiger partial charge in [-0.15, -0.1) is 0 Å². The smallest absolute Gasteiger partial charge is 0.220 e. The van der Waals surface area contributed by atoms with Gasteiger partial charge < -0.3 is 10.2 Å². The molecule has 0 bridgehead atoms. The number of anilines is 1. The summed E-state index contributed by atoms with van der Waals surface area (Å²) in [5.41, 5.74) is 6.38. The van der Waals surface area contributed by atoms with Crippen LogP contribution in [0.1, 0.15) is 49.7 Å². The van der Waals surface area contributed by atoms with Crippen molar-refractivity contribution in [3.05, 3.63) is 90.0 Å². The monoisotopic (exact) mass is 438 g/mol. The van der Waals surface area contributed by atoms with Gasteiger partial charge in [0.2, 0.25) is 5.91 Å². The quantitative estimate of drug-likeness (QED) is 0.485. The second-order valence-corrected chi connectivity index (χ2v) is 9.75. The van der Waals surface area contributed by atoms with Crippen LogP contribution in [-0.2, 0) is 17.8 Å². The van der Waals surface area contributed by atoms with E-state index in [4.69, 9.17) is 0 Å². The zero-order valence-electron chi connectivity index (χ0n) is 19.4. The Kier molecular flexibility index (Phi) is 6.76. The molecular weight excluding hydrogens is 404 g/mol. The molecule has 3 aromatic rings. The summed E-state index contributed by atoms with van der Waals surface area (Å²) >= 11 is 0. The predicted octanol–water partition coefficient (Wildman–Crippen LogP) is 6.37. The summed E-state index contributed by atoms with van der Waals surface area (Å²) in [6, 6.07) is 28.1. The second-order valence-electron chi connectivity index (χ2n) is 9.75. The number of carbonyl (C=O) groups is 1. The molecule has 170 valence electrons. The van der Waals surface area contributed by atoms with Crippen molar-refractivity contribution >= 4 is 11.6 Å². The van der Waals surface area contributed by atoms with E-state index in [1.165, 1.54) is 60.0 Å². The van der Waals surface area contributed by atoms with Crippen molar-refractivity contribution in [3.63, 3.8) is 0 Å². The zero-order valence-corrected chi connectivity index (χ0v) is 19.4. The third kappa shape index (κ3) is 5.47. The van der Waals surface area contributed by atoms with Gasteiger partial charge in [-0.05, 0) is 59.6 Å². The van der Waals surface area contributed by atoms with Gasteiger partial charge in [-0.3, -0.25) is 4.79 Å². The number of fused-ring (bicyclic) bond motifs is 1.